The Hall–Kier alpha value is -1.50. The minimum atomic E-state index is 0.787. The van der Waals surface area contributed by atoms with Gasteiger partial charge in [0.25, 0.3) is 0 Å². The van der Waals surface area contributed by atoms with Gasteiger partial charge in [0.15, 0.2) is 0 Å². The predicted molar refractivity (Wildman–Crippen MR) is 69.1 cm³/mol. The molecule has 0 N–H and O–H groups in total. The molecule has 84 valence electrons. The molecule has 1 heteroatoms. The maximum absolute atomic E-state index is 5.77. The summed E-state index contributed by atoms with van der Waals surface area (Å²) in [5, 5.41) is 2.55. The van der Waals surface area contributed by atoms with Gasteiger partial charge in [0, 0.05) is 5.39 Å². The third-order valence-electron chi connectivity index (χ3n) is 2.82. The fourth-order valence-electron chi connectivity index (χ4n) is 1.98. The molecule has 0 amide bonds. The van der Waals surface area contributed by atoms with Crippen LogP contribution in [0.4, 0.5) is 0 Å². The maximum atomic E-state index is 5.77. The van der Waals surface area contributed by atoms with Crippen molar-refractivity contribution in [1.82, 2.24) is 0 Å². The van der Waals surface area contributed by atoms with E-state index in [0.717, 1.165) is 25.2 Å². The standard InChI is InChI=1S/C15H18O/c1-3-11-16-15-10-9-12(4-2)13-7-5-6-8-14(13)15/h5-10H,3-4,11H2,1-2H3. The fraction of sp³-hybridized carbons (Fsp3) is 0.333. The van der Waals surface area contributed by atoms with Crippen LogP contribution in [0.2, 0.25) is 0 Å². The summed E-state index contributed by atoms with van der Waals surface area (Å²) in [6, 6.07) is 12.7. The van der Waals surface area contributed by atoms with Gasteiger partial charge in [0.05, 0.1) is 6.61 Å². The zero-order chi connectivity index (χ0) is 11.4. The van der Waals surface area contributed by atoms with E-state index in [1.54, 1.807) is 0 Å². The number of rotatable bonds is 4. The molecule has 2 rings (SSSR count). The lowest BCUT2D eigenvalue weighted by atomic mass is 10.0. The smallest absolute Gasteiger partial charge is 0.127 e. The summed E-state index contributed by atoms with van der Waals surface area (Å²) in [5.41, 5.74) is 1.39. The van der Waals surface area contributed by atoms with Crippen LogP contribution in [0.5, 0.6) is 5.75 Å². The van der Waals surface area contributed by atoms with E-state index in [1.807, 2.05) is 0 Å². The van der Waals surface area contributed by atoms with E-state index in [1.165, 1.54) is 16.3 Å². The highest BCUT2D eigenvalue weighted by molar-refractivity contribution is 5.91. The van der Waals surface area contributed by atoms with Crippen LogP contribution >= 0.6 is 0 Å². The second-order valence-electron chi connectivity index (χ2n) is 3.97. The molecule has 2 aromatic rings. The van der Waals surface area contributed by atoms with Crippen molar-refractivity contribution in [3.63, 3.8) is 0 Å². The van der Waals surface area contributed by atoms with E-state index >= 15 is 0 Å². The lowest BCUT2D eigenvalue weighted by Crippen LogP contribution is -1.96. The Morgan fingerprint density at radius 1 is 0.938 bits per heavy atom. The molecule has 16 heavy (non-hydrogen) atoms. The first-order valence-electron chi connectivity index (χ1n) is 6.00. The molecule has 0 atom stereocenters. The van der Waals surface area contributed by atoms with Crippen LogP contribution in [-0.2, 0) is 6.42 Å². The predicted octanol–water partition coefficient (Wildman–Crippen LogP) is 4.19. The van der Waals surface area contributed by atoms with Crippen LogP contribution < -0.4 is 4.74 Å². The van der Waals surface area contributed by atoms with E-state index in [2.05, 4.69) is 50.2 Å². The molecular formula is C15H18O. The van der Waals surface area contributed by atoms with Gasteiger partial charge in [0.1, 0.15) is 5.75 Å². The molecule has 0 aromatic heterocycles. The first-order valence-corrected chi connectivity index (χ1v) is 6.00. The van der Waals surface area contributed by atoms with Gasteiger partial charge in [-0.2, -0.15) is 0 Å². The van der Waals surface area contributed by atoms with Crippen LogP contribution in [0.15, 0.2) is 36.4 Å². The van der Waals surface area contributed by atoms with Gasteiger partial charge in [-0.05, 0) is 29.9 Å². The van der Waals surface area contributed by atoms with Crippen molar-refractivity contribution >= 4 is 10.8 Å². The molecule has 0 spiro atoms. The van der Waals surface area contributed by atoms with Crippen molar-refractivity contribution in [2.75, 3.05) is 6.61 Å². The zero-order valence-corrected chi connectivity index (χ0v) is 9.99. The molecule has 0 aliphatic rings. The summed E-state index contributed by atoms with van der Waals surface area (Å²) in [4.78, 5) is 0. The summed E-state index contributed by atoms with van der Waals surface area (Å²) < 4.78 is 5.77. The molecular weight excluding hydrogens is 196 g/mol. The van der Waals surface area contributed by atoms with Gasteiger partial charge in [-0.3, -0.25) is 0 Å². The Bertz CT molecular complexity index is 474. The number of hydrogen-bond acceptors (Lipinski definition) is 1. The summed E-state index contributed by atoms with van der Waals surface area (Å²) in [6.07, 6.45) is 2.11. The minimum Gasteiger partial charge on any atom is -0.493 e. The van der Waals surface area contributed by atoms with Crippen LogP contribution in [0, 0.1) is 0 Å². The van der Waals surface area contributed by atoms with Crippen molar-refractivity contribution in [3.05, 3.63) is 42.0 Å². The fourth-order valence-corrected chi connectivity index (χ4v) is 1.98. The number of aryl methyl sites for hydroxylation is 1. The molecule has 0 aliphatic heterocycles. The Labute approximate surface area is 97.1 Å². The van der Waals surface area contributed by atoms with Gasteiger partial charge in [-0.25, -0.2) is 0 Å². The topological polar surface area (TPSA) is 9.23 Å². The van der Waals surface area contributed by atoms with Crippen LogP contribution in [-0.4, -0.2) is 6.61 Å². The highest BCUT2D eigenvalue weighted by Crippen LogP contribution is 2.28. The van der Waals surface area contributed by atoms with E-state index in [-0.39, 0.29) is 0 Å². The molecule has 0 heterocycles. The number of benzene rings is 2. The Kier molecular flexibility index (Phi) is 3.45. The molecule has 0 aliphatic carbocycles. The lowest BCUT2D eigenvalue weighted by Gasteiger charge is -2.11. The summed E-state index contributed by atoms with van der Waals surface area (Å²) in [7, 11) is 0. The van der Waals surface area contributed by atoms with Gasteiger partial charge >= 0.3 is 0 Å². The van der Waals surface area contributed by atoms with Crippen molar-refractivity contribution in [2.24, 2.45) is 0 Å². The molecule has 0 saturated carbocycles. The first kappa shape index (κ1) is 11.0. The van der Waals surface area contributed by atoms with E-state index in [0.29, 0.717) is 0 Å². The summed E-state index contributed by atoms with van der Waals surface area (Å²) in [6.45, 7) is 5.10. The van der Waals surface area contributed by atoms with Crippen LogP contribution in [0.3, 0.4) is 0 Å². The Balaban J connectivity index is 2.51. The molecule has 1 nitrogen and oxygen atoms in total. The zero-order valence-electron chi connectivity index (χ0n) is 9.99. The highest BCUT2D eigenvalue weighted by Gasteiger charge is 2.04. The second kappa shape index (κ2) is 5.02. The molecule has 2 aromatic carbocycles. The Morgan fingerprint density at radius 2 is 1.69 bits per heavy atom. The second-order valence-corrected chi connectivity index (χ2v) is 3.97. The molecule has 0 radical (unpaired) electrons. The van der Waals surface area contributed by atoms with Crippen molar-refractivity contribution in [3.8, 4) is 5.75 Å². The maximum Gasteiger partial charge on any atom is 0.127 e. The van der Waals surface area contributed by atoms with E-state index in [9.17, 15) is 0 Å². The highest BCUT2D eigenvalue weighted by atomic mass is 16.5. The number of ether oxygens (including phenoxy) is 1. The van der Waals surface area contributed by atoms with Gasteiger partial charge < -0.3 is 4.74 Å². The average molecular weight is 214 g/mol. The quantitative estimate of drug-likeness (QED) is 0.741. The van der Waals surface area contributed by atoms with Gasteiger partial charge in [-0.1, -0.05) is 44.2 Å². The lowest BCUT2D eigenvalue weighted by molar-refractivity contribution is 0.321. The Morgan fingerprint density at radius 3 is 2.38 bits per heavy atom. The average Bonchev–Trinajstić information content (AvgIpc) is 2.36. The molecule has 0 bridgehead atoms. The molecule has 0 unspecified atom stereocenters. The van der Waals surface area contributed by atoms with E-state index < -0.39 is 0 Å². The number of hydrogen-bond donors (Lipinski definition) is 0. The summed E-state index contributed by atoms with van der Waals surface area (Å²) in [5.74, 6) is 1.01. The third kappa shape index (κ3) is 2.04. The van der Waals surface area contributed by atoms with Gasteiger partial charge in [-0.15, -0.1) is 0 Å². The monoisotopic (exact) mass is 214 g/mol. The largest absolute Gasteiger partial charge is 0.493 e. The normalized spacial score (nSPS) is 10.6. The SMILES string of the molecule is CCCOc1ccc(CC)c2ccccc12. The van der Waals surface area contributed by atoms with Crippen LogP contribution in [0.1, 0.15) is 25.8 Å². The van der Waals surface area contributed by atoms with Crippen molar-refractivity contribution < 1.29 is 4.74 Å². The van der Waals surface area contributed by atoms with Crippen molar-refractivity contribution in [2.45, 2.75) is 26.7 Å². The van der Waals surface area contributed by atoms with Gasteiger partial charge in [0.2, 0.25) is 0 Å². The first-order chi connectivity index (χ1) is 7.86. The number of fused-ring (bicyclic) bond motifs is 1. The minimum absolute atomic E-state index is 0.787. The third-order valence-corrected chi connectivity index (χ3v) is 2.82. The summed E-state index contributed by atoms with van der Waals surface area (Å²) >= 11 is 0. The van der Waals surface area contributed by atoms with E-state index in [4.69, 9.17) is 4.74 Å². The van der Waals surface area contributed by atoms with Crippen molar-refractivity contribution in [1.29, 1.82) is 0 Å². The molecule has 0 saturated heterocycles. The van der Waals surface area contributed by atoms with Crippen LogP contribution in [0.25, 0.3) is 10.8 Å². The molecule has 0 fully saturated rings.